The zero-order chi connectivity index (χ0) is 22.6. The molecule has 180 valence electrons. The van der Waals surface area contributed by atoms with Crippen LogP contribution in [0.25, 0.3) is 0 Å². The molecule has 1 aromatic carbocycles. The molecule has 0 saturated carbocycles. The van der Waals surface area contributed by atoms with Gasteiger partial charge in [-0.1, -0.05) is 24.3 Å². The minimum absolute atomic E-state index is 0.256. The quantitative estimate of drug-likeness (QED) is 0.308. The molecule has 1 fully saturated rings. The molecule has 1 atom stereocenters. The van der Waals surface area contributed by atoms with Gasteiger partial charge in [0.05, 0.1) is 18.8 Å². The van der Waals surface area contributed by atoms with Crippen LogP contribution in [-0.4, -0.2) is 68.9 Å². The number of rotatable bonds is 11. The van der Waals surface area contributed by atoms with Gasteiger partial charge in [-0.3, -0.25) is 4.99 Å². The SMILES string of the molecule is CCNC(=NCCCOC1CCCc2ccccc21)NC1CCN(CCOC(C)C)CC1. The number of nitrogens with zero attached hydrogens (tertiary/aromatic N) is 2. The van der Waals surface area contributed by atoms with Crippen molar-refractivity contribution < 1.29 is 9.47 Å². The van der Waals surface area contributed by atoms with Crippen LogP contribution in [0.1, 0.15) is 70.1 Å². The predicted molar refractivity (Wildman–Crippen MR) is 132 cm³/mol. The Balaban J connectivity index is 1.35. The molecule has 0 aromatic heterocycles. The number of fused-ring (bicyclic) bond motifs is 1. The zero-order valence-corrected chi connectivity index (χ0v) is 20.4. The van der Waals surface area contributed by atoms with Gasteiger partial charge in [0.25, 0.3) is 0 Å². The van der Waals surface area contributed by atoms with Gasteiger partial charge < -0.3 is 25.0 Å². The lowest BCUT2D eigenvalue weighted by atomic mass is 9.89. The molecule has 3 rings (SSSR count). The lowest BCUT2D eigenvalue weighted by molar-refractivity contribution is 0.0402. The van der Waals surface area contributed by atoms with Crippen LogP contribution in [0.3, 0.4) is 0 Å². The van der Waals surface area contributed by atoms with Crippen molar-refractivity contribution in [1.82, 2.24) is 15.5 Å². The summed E-state index contributed by atoms with van der Waals surface area (Å²) >= 11 is 0. The molecule has 2 aliphatic rings. The van der Waals surface area contributed by atoms with E-state index in [1.165, 1.54) is 24.0 Å². The molecule has 32 heavy (non-hydrogen) atoms. The monoisotopic (exact) mass is 444 g/mol. The molecule has 1 aromatic rings. The first-order valence-electron chi connectivity index (χ1n) is 12.7. The molecule has 6 nitrogen and oxygen atoms in total. The van der Waals surface area contributed by atoms with E-state index in [2.05, 4.69) is 60.6 Å². The van der Waals surface area contributed by atoms with E-state index in [-0.39, 0.29) is 6.10 Å². The molecule has 2 N–H and O–H groups in total. The molecule has 0 amide bonds. The summed E-state index contributed by atoms with van der Waals surface area (Å²) in [7, 11) is 0. The summed E-state index contributed by atoms with van der Waals surface area (Å²) in [5.41, 5.74) is 2.85. The van der Waals surface area contributed by atoms with Gasteiger partial charge in [-0.25, -0.2) is 0 Å². The lowest BCUT2D eigenvalue weighted by Gasteiger charge is -2.33. The maximum atomic E-state index is 6.23. The number of nitrogens with one attached hydrogen (secondary N) is 2. The van der Waals surface area contributed by atoms with Crippen molar-refractivity contribution in [3.8, 4) is 0 Å². The van der Waals surface area contributed by atoms with E-state index >= 15 is 0 Å². The minimum Gasteiger partial charge on any atom is -0.377 e. The van der Waals surface area contributed by atoms with E-state index in [0.717, 1.165) is 77.6 Å². The number of hydrogen-bond acceptors (Lipinski definition) is 4. The first kappa shape index (κ1) is 25.0. The summed E-state index contributed by atoms with van der Waals surface area (Å²) in [6.45, 7) is 12.8. The fraction of sp³-hybridized carbons (Fsp3) is 0.731. The number of ether oxygens (including phenoxy) is 2. The molecule has 1 saturated heterocycles. The van der Waals surface area contributed by atoms with E-state index < -0.39 is 0 Å². The van der Waals surface area contributed by atoms with E-state index in [9.17, 15) is 0 Å². The van der Waals surface area contributed by atoms with Crippen molar-refractivity contribution in [2.24, 2.45) is 4.99 Å². The summed E-state index contributed by atoms with van der Waals surface area (Å²) < 4.78 is 11.9. The van der Waals surface area contributed by atoms with Crippen LogP contribution in [0.4, 0.5) is 0 Å². The number of aryl methyl sites for hydroxylation is 1. The largest absolute Gasteiger partial charge is 0.377 e. The average molecular weight is 445 g/mol. The number of benzene rings is 1. The fourth-order valence-corrected chi connectivity index (χ4v) is 4.60. The van der Waals surface area contributed by atoms with Crippen LogP contribution in [-0.2, 0) is 15.9 Å². The van der Waals surface area contributed by atoms with Crippen molar-refractivity contribution in [2.75, 3.05) is 45.9 Å². The summed E-state index contributed by atoms with van der Waals surface area (Å²) in [6, 6.07) is 9.23. The first-order chi connectivity index (χ1) is 15.7. The molecule has 1 heterocycles. The molecule has 1 aliphatic heterocycles. The Hall–Kier alpha value is -1.63. The summed E-state index contributed by atoms with van der Waals surface area (Å²) in [5.74, 6) is 0.942. The number of hydrogen-bond donors (Lipinski definition) is 2. The molecular formula is C26H44N4O2. The molecule has 6 heteroatoms. The standard InChI is InChI=1S/C26H44N4O2/c1-4-27-26(29-23-13-16-30(17-14-23)18-20-31-21(2)3)28-15-8-19-32-25-12-7-10-22-9-5-6-11-24(22)25/h5-6,9,11,21,23,25H,4,7-8,10,12-20H2,1-3H3,(H2,27,28,29). The van der Waals surface area contributed by atoms with Gasteiger partial charge in [-0.15, -0.1) is 0 Å². The highest BCUT2D eigenvalue weighted by Gasteiger charge is 2.21. The number of guanidine groups is 1. The van der Waals surface area contributed by atoms with Crippen LogP contribution in [0.15, 0.2) is 29.3 Å². The van der Waals surface area contributed by atoms with Gasteiger partial charge in [-0.05, 0) is 70.4 Å². The maximum Gasteiger partial charge on any atom is 0.191 e. The van der Waals surface area contributed by atoms with Crippen molar-refractivity contribution in [1.29, 1.82) is 0 Å². The third-order valence-electron chi connectivity index (χ3n) is 6.34. The summed E-state index contributed by atoms with van der Waals surface area (Å²) in [4.78, 5) is 7.31. The Morgan fingerprint density at radius 1 is 1.16 bits per heavy atom. The summed E-state index contributed by atoms with van der Waals surface area (Å²) in [6.07, 6.45) is 7.35. The van der Waals surface area contributed by atoms with E-state index in [4.69, 9.17) is 14.5 Å². The van der Waals surface area contributed by atoms with Crippen LogP contribution >= 0.6 is 0 Å². The van der Waals surface area contributed by atoms with Crippen molar-refractivity contribution in [3.05, 3.63) is 35.4 Å². The fourth-order valence-electron chi connectivity index (χ4n) is 4.60. The van der Waals surface area contributed by atoms with Crippen molar-refractivity contribution in [3.63, 3.8) is 0 Å². The molecule has 0 radical (unpaired) electrons. The smallest absolute Gasteiger partial charge is 0.191 e. The molecule has 1 unspecified atom stereocenters. The van der Waals surface area contributed by atoms with Crippen LogP contribution in [0.2, 0.25) is 0 Å². The van der Waals surface area contributed by atoms with Crippen molar-refractivity contribution >= 4 is 5.96 Å². The van der Waals surface area contributed by atoms with Gasteiger partial charge in [0.15, 0.2) is 5.96 Å². The van der Waals surface area contributed by atoms with Gasteiger partial charge in [-0.2, -0.15) is 0 Å². The minimum atomic E-state index is 0.256. The van der Waals surface area contributed by atoms with Crippen LogP contribution < -0.4 is 10.6 Å². The van der Waals surface area contributed by atoms with Crippen LogP contribution in [0, 0.1) is 0 Å². The number of aliphatic imine (C=N–C) groups is 1. The van der Waals surface area contributed by atoms with E-state index in [1.807, 2.05) is 0 Å². The third kappa shape index (κ3) is 8.38. The molecule has 1 aliphatic carbocycles. The maximum absolute atomic E-state index is 6.23. The van der Waals surface area contributed by atoms with Crippen molar-refractivity contribution in [2.45, 2.75) is 77.5 Å². The molecule has 0 bridgehead atoms. The Kier molecular flexibility index (Phi) is 10.8. The average Bonchev–Trinajstić information content (AvgIpc) is 2.80. The number of likely N-dealkylation sites (tertiary alicyclic amines) is 1. The highest BCUT2D eigenvalue weighted by Crippen LogP contribution is 2.32. The highest BCUT2D eigenvalue weighted by molar-refractivity contribution is 5.80. The Bertz CT molecular complexity index is 686. The Morgan fingerprint density at radius 3 is 2.75 bits per heavy atom. The zero-order valence-electron chi connectivity index (χ0n) is 20.4. The third-order valence-corrected chi connectivity index (χ3v) is 6.34. The second-order valence-corrected chi connectivity index (χ2v) is 9.24. The van der Waals surface area contributed by atoms with E-state index in [1.54, 1.807) is 0 Å². The van der Waals surface area contributed by atoms with Gasteiger partial charge in [0, 0.05) is 45.4 Å². The van der Waals surface area contributed by atoms with E-state index in [0.29, 0.717) is 12.1 Å². The highest BCUT2D eigenvalue weighted by atomic mass is 16.5. The first-order valence-corrected chi connectivity index (χ1v) is 12.7. The topological polar surface area (TPSA) is 58.1 Å². The molecule has 0 spiro atoms. The van der Waals surface area contributed by atoms with Gasteiger partial charge in [0.1, 0.15) is 0 Å². The summed E-state index contributed by atoms with van der Waals surface area (Å²) in [5, 5.41) is 7.05. The Morgan fingerprint density at radius 2 is 1.97 bits per heavy atom. The lowest BCUT2D eigenvalue weighted by Crippen LogP contribution is -2.49. The second kappa shape index (κ2) is 13.8. The predicted octanol–water partition coefficient (Wildman–Crippen LogP) is 3.92. The van der Waals surface area contributed by atoms with Gasteiger partial charge in [0.2, 0.25) is 0 Å². The number of piperidine rings is 1. The normalized spacial score (nSPS) is 20.4. The second-order valence-electron chi connectivity index (χ2n) is 9.24. The van der Waals surface area contributed by atoms with Crippen LogP contribution in [0.5, 0.6) is 0 Å². The Labute approximate surface area is 195 Å². The van der Waals surface area contributed by atoms with Gasteiger partial charge >= 0.3 is 0 Å². The molecular weight excluding hydrogens is 400 g/mol.